The molecule has 1 aliphatic carbocycles. The molecule has 2 N–H and O–H groups in total. The molecule has 0 aromatic heterocycles. The van der Waals surface area contributed by atoms with E-state index in [-0.39, 0.29) is 19.1 Å². The van der Waals surface area contributed by atoms with E-state index in [1.165, 1.54) is 0 Å². The molecule has 2 atom stereocenters. The maximum Gasteiger partial charge on any atom is 0.325 e. The fourth-order valence-corrected chi connectivity index (χ4v) is 4.91. The number of hydrogen-bond acceptors (Lipinski definition) is 5. The van der Waals surface area contributed by atoms with Gasteiger partial charge in [0, 0.05) is 5.39 Å². The van der Waals surface area contributed by atoms with Crippen LogP contribution in [0, 0.1) is 0 Å². The van der Waals surface area contributed by atoms with Crippen LogP contribution in [0.4, 0.5) is 4.79 Å². The van der Waals surface area contributed by atoms with Gasteiger partial charge in [-0.3, -0.25) is 9.69 Å². The number of β-amino-alcohol motifs (C(OH)–C–C–N with tert-alkyl or cyclic N) is 1. The van der Waals surface area contributed by atoms with Gasteiger partial charge in [0.05, 0.1) is 13.7 Å². The summed E-state index contributed by atoms with van der Waals surface area (Å²) in [4.78, 5) is 27.4. The number of aliphatic hydroxyl groups is 1. The summed E-state index contributed by atoms with van der Waals surface area (Å²) in [5.74, 6) is 1.04. The Hall–Kier alpha value is -3.58. The lowest BCUT2D eigenvalue weighted by molar-refractivity contribution is -0.133. The number of amides is 3. The second-order valence-corrected chi connectivity index (χ2v) is 8.57. The molecule has 5 rings (SSSR count). The zero-order valence-corrected chi connectivity index (χ0v) is 18.4. The molecule has 0 unspecified atom stereocenters. The van der Waals surface area contributed by atoms with Gasteiger partial charge in [-0.05, 0) is 54.0 Å². The predicted octanol–water partition coefficient (Wildman–Crippen LogP) is 3.37. The Morgan fingerprint density at radius 3 is 2.79 bits per heavy atom. The van der Waals surface area contributed by atoms with Crippen molar-refractivity contribution >= 4 is 22.7 Å². The minimum absolute atomic E-state index is 0.0359. The number of urea groups is 1. The van der Waals surface area contributed by atoms with E-state index in [1.807, 2.05) is 54.6 Å². The summed E-state index contributed by atoms with van der Waals surface area (Å²) < 4.78 is 11.2. The van der Waals surface area contributed by atoms with Gasteiger partial charge in [-0.1, -0.05) is 42.5 Å². The summed E-state index contributed by atoms with van der Waals surface area (Å²) in [5, 5.41) is 15.5. The number of methoxy groups -OCH3 is 1. The van der Waals surface area contributed by atoms with E-state index in [4.69, 9.17) is 9.47 Å². The molecule has 0 radical (unpaired) electrons. The average molecular weight is 447 g/mol. The van der Waals surface area contributed by atoms with E-state index < -0.39 is 17.7 Å². The van der Waals surface area contributed by atoms with Crippen LogP contribution in [0.5, 0.6) is 11.5 Å². The first-order chi connectivity index (χ1) is 16.0. The Balaban J connectivity index is 1.31. The molecule has 3 aromatic carbocycles. The number of nitrogens with zero attached hydrogens (tertiary/aromatic N) is 1. The van der Waals surface area contributed by atoms with Crippen molar-refractivity contribution in [3.63, 3.8) is 0 Å². The number of benzene rings is 3. The molecule has 33 heavy (non-hydrogen) atoms. The first-order valence-corrected chi connectivity index (χ1v) is 11.1. The lowest BCUT2D eigenvalue weighted by atomic mass is 9.76. The molecule has 2 aliphatic rings. The van der Waals surface area contributed by atoms with E-state index in [0.29, 0.717) is 12.2 Å². The second kappa shape index (κ2) is 8.41. The molecule has 1 spiro atoms. The van der Waals surface area contributed by atoms with Gasteiger partial charge in [-0.2, -0.15) is 0 Å². The Bertz CT molecular complexity index is 1220. The minimum Gasteiger partial charge on any atom is -0.497 e. The van der Waals surface area contributed by atoms with Crippen molar-refractivity contribution in [2.75, 3.05) is 20.3 Å². The predicted molar refractivity (Wildman–Crippen MR) is 123 cm³/mol. The quantitative estimate of drug-likeness (QED) is 0.567. The van der Waals surface area contributed by atoms with Gasteiger partial charge in [0.15, 0.2) is 0 Å². The molecular formula is C26H26N2O5. The summed E-state index contributed by atoms with van der Waals surface area (Å²) in [6.45, 7) is -0.172. The van der Waals surface area contributed by atoms with Gasteiger partial charge in [0.1, 0.15) is 29.7 Å². The summed E-state index contributed by atoms with van der Waals surface area (Å²) >= 11 is 0. The Morgan fingerprint density at radius 1 is 1.12 bits per heavy atom. The van der Waals surface area contributed by atoms with E-state index in [9.17, 15) is 14.7 Å². The van der Waals surface area contributed by atoms with Gasteiger partial charge in [-0.15, -0.1) is 0 Å². The van der Waals surface area contributed by atoms with E-state index in [1.54, 1.807) is 13.2 Å². The van der Waals surface area contributed by atoms with Crippen LogP contribution in [0.2, 0.25) is 0 Å². The molecule has 0 saturated carbocycles. The fourth-order valence-electron chi connectivity index (χ4n) is 4.91. The molecule has 1 heterocycles. The van der Waals surface area contributed by atoms with Crippen molar-refractivity contribution in [2.45, 2.75) is 30.9 Å². The van der Waals surface area contributed by atoms with Crippen LogP contribution < -0.4 is 14.8 Å². The van der Waals surface area contributed by atoms with Gasteiger partial charge in [0.2, 0.25) is 0 Å². The highest BCUT2D eigenvalue weighted by atomic mass is 16.5. The number of carbonyl (C=O) groups excluding carboxylic acids is 2. The SMILES string of the molecule is COc1ccc2c(c1)CCC[C@]21NC(=O)N(C[C@H](O)COc2cccc3ccccc23)C1=O. The highest BCUT2D eigenvalue weighted by molar-refractivity contribution is 6.07. The highest BCUT2D eigenvalue weighted by Crippen LogP contribution is 2.41. The maximum atomic E-state index is 13.5. The molecule has 1 fully saturated rings. The van der Waals surface area contributed by atoms with Crippen LogP contribution in [0.15, 0.2) is 60.7 Å². The van der Waals surface area contributed by atoms with Crippen LogP contribution in [0.1, 0.15) is 24.0 Å². The van der Waals surface area contributed by atoms with Gasteiger partial charge < -0.3 is 19.9 Å². The Morgan fingerprint density at radius 2 is 1.94 bits per heavy atom. The van der Waals surface area contributed by atoms with Crippen molar-refractivity contribution in [2.24, 2.45) is 0 Å². The number of nitrogens with one attached hydrogen (secondary N) is 1. The lowest BCUT2D eigenvalue weighted by Crippen LogP contribution is -2.47. The number of imide groups is 1. The lowest BCUT2D eigenvalue weighted by Gasteiger charge is -2.33. The molecule has 1 saturated heterocycles. The molecule has 0 bridgehead atoms. The minimum atomic E-state index is -1.09. The van der Waals surface area contributed by atoms with E-state index in [0.717, 1.165) is 45.4 Å². The van der Waals surface area contributed by atoms with Gasteiger partial charge >= 0.3 is 6.03 Å². The third-order valence-corrected chi connectivity index (χ3v) is 6.52. The van der Waals surface area contributed by atoms with Crippen molar-refractivity contribution in [3.8, 4) is 11.5 Å². The first-order valence-electron chi connectivity index (χ1n) is 11.1. The molecular weight excluding hydrogens is 420 g/mol. The highest BCUT2D eigenvalue weighted by Gasteiger charge is 2.54. The summed E-state index contributed by atoms with van der Waals surface area (Å²) in [5.41, 5.74) is 0.709. The number of rotatable bonds is 6. The molecule has 7 heteroatoms. The van der Waals surface area contributed by atoms with Crippen LogP contribution in [0.3, 0.4) is 0 Å². The molecule has 1 aliphatic heterocycles. The molecule has 3 aromatic rings. The van der Waals surface area contributed by atoms with Crippen molar-refractivity contribution in [1.29, 1.82) is 0 Å². The number of ether oxygens (including phenoxy) is 2. The van der Waals surface area contributed by atoms with Gasteiger partial charge in [-0.25, -0.2) is 4.79 Å². The number of carbonyl (C=O) groups is 2. The average Bonchev–Trinajstić information content (AvgIpc) is 3.07. The zero-order chi connectivity index (χ0) is 23.0. The monoisotopic (exact) mass is 446 g/mol. The van der Waals surface area contributed by atoms with Crippen molar-refractivity contribution < 1.29 is 24.2 Å². The summed E-state index contributed by atoms with van der Waals surface area (Å²) in [6.07, 6.45) is 1.09. The number of hydrogen-bond donors (Lipinski definition) is 2. The number of aliphatic hydroxyl groups excluding tert-OH is 1. The summed E-state index contributed by atoms with van der Waals surface area (Å²) in [6, 6.07) is 18.6. The topological polar surface area (TPSA) is 88.1 Å². The molecule has 3 amide bonds. The Kier molecular flexibility index (Phi) is 5.42. The summed E-state index contributed by atoms with van der Waals surface area (Å²) in [7, 11) is 1.60. The van der Waals surface area contributed by atoms with Crippen LogP contribution in [-0.2, 0) is 16.8 Å². The molecule has 7 nitrogen and oxygen atoms in total. The third kappa shape index (κ3) is 3.68. The Labute approximate surface area is 191 Å². The van der Waals surface area contributed by atoms with Crippen LogP contribution >= 0.6 is 0 Å². The van der Waals surface area contributed by atoms with Crippen LogP contribution in [-0.4, -0.2) is 48.3 Å². The number of fused-ring (bicyclic) bond motifs is 3. The van der Waals surface area contributed by atoms with E-state index >= 15 is 0 Å². The van der Waals surface area contributed by atoms with Crippen LogP contribution in [0.25, 0.3) is 10.8 Å². The molecule has 170 valence electrons. The smallest absolute Gasteiger partial charge is 0.325 e. The van der Waals surface area contributed by atoms with E-state index in [2.05, 4.69) is 5.32 Å². The fraction of sp³-hybridized carbons (Fsp3) is 0.308. The second-order valence-electron chi connectivity index (χ2n) is 8.57. The number of aryl methyl sites for hydroxylation is 1. The van der Waals surface area contributed by atoms with Crippen molar-refractivity contribution in [3.05, 3.63) is 71.8 Å². The third-order valence-electron chi connectivity index (χ3n) is 6.52. The normalized spacial score (nSPS) is 20.6. The zero-order valence-electron chi connectivity index (χ0n) is 18.4. The van der Waals surface area contributed by atoms with Gasteiger partial charge in [0.25, 0.3) is 5.91 Å². The standard InChI is InChI=1S/C26H26N2O5/c1-32-20-11-12-22-18(14-20)8-5-13-26(22)24(30)28(25(31)27-26)15-19(29)16-33-23-10-4-7-17-6-2-3-9-21(17)23/h2-4,6-7,9-12,14,19,29H,5,8,13,15-16H2,1H3,(H,27,31)/t19-,26-/m0/s1. The largest absolute Gasteiger partial charge is 0.497 e. The maximum absolute atomic E-state index is 13.5. The van der Waals surface area contributed by atoms with Crippen molar-refractivity contribution in [1.82, 2.24) is 10.2 Å². The first kappa shape index (κ1) is 21.3.